The van der Waals surface area contributed by atoms with E-state index in [4.69, 9.17) is 23.2 Å². The topological polar surface area (TPSA) is 12.0 Å². The summed E-state index contributed by atoms with van der Waals surface area (Å²) in [7, 11) is 0. The summed E-state index contributed by atoms with van der Waals surface area (Å²) in [5, 5.41) is 5.09. The van der Waals surface area contributed by atoms with E-state index in [1.54, 1.807) is 0 Å². The van der Waals surface area contributed by atoms with Crippen LogP contribution in [0, 0.1) is 5.41 Å². The van der Waals surface area contributed by atoms with Gasteiger partial charge in [0.2, 0.25) is 0 Å². The highest BCUT2D eigenvalue weighted by atomic mass is 35.5. The second-order valence-corrected chi connectivity index (χ2v) is 6.53. The van der Waals surface area contributed by atoms with Gasteiger partial charge in [-0.2, -0.15) is 0 Å². The highest BCUT2D eigenvalue weighted by molar-refractivity contribution is 6.35. The van der Waals surface area contributed by atoms with Crippen molar-refractivity contribution < 1.29 is 0 Å². The van der Waals surface area contributed by atoms with Gasteiger partial charge >= 0.3 is 0 Å². The molecule has 1 nitrogen and oxygen atoms in total. The van der Waals surface area contributed by atoms with Crippen molar-refractivity contribution in [3.63, 3.8) is 0 Å². The molecule has 0 aromatic heterocycles. The van der Waals surface area contributed by atoms with Crippen LogP contribution < -0.4 is 5.32 Å². The Morgan fingerprint density at radius 3 is 2.17 bits per heavy atom. The minimum atomic E-state index is 0.240. The second-order valence-electron chi connectivity index (χ2n) is 5.72. The highest BCUT2D eigenvalue weighted by Crippen LogP contribution is 2.29. The van der Waals surface area contributed by atoms with Crippen molar-refractivity contribution in [2.24, 2.45) is 5.41 Å². The Balaban J connectivity index is 2.73. The Labute approximate surface area is 121 Å². The monoisotopic (exact) mass is 287 g/mol. The molecule has 0 saturated carbocycles. The van der Waals surface area contributed by atoms with Crippen LogP contribution in [0.25, 0.3) is 0 Å². The fraction of sp³-hybridized carbons (Fsp3) is 0.600. The van der Waals surface area contributed by atoms with Gasteiger partial charge in [-0.1, -0.05) is 57.0 Å². The molecule has 0 fully saturated rings. The lowest BCUT2D eigenvalue weighted by Crippen LogP contribution is -2.40. The van der Waals surface area contributed by atoms with Crippen LogP contribution in [0.4, 0.5) is 0 Å². The largest absolute Gasteiger partial charge is 0.314 e. The maximum atomic E-state index is 6.20. The zero-order valence-corrected chi connectivity index (χ0v) is 13.2. The lowest BCUT2D eigenvalue weighted by Gasteiger charge is -2.31. The van der Waals surface area contributed by atoms with Crippen LogP contribution in [0.3, 0.4) is 0 Å². The summed E-state index contributed by atoms with van der Waals surface area (Å²) in [6, 6.07) is 6.17. The van der Waals surface area contributed by atoms with E-state index in [9.17, 15) is 0 Å². The Kier molecular flexibility index (Phi) is 5.97. The zero-order chi connectivity index (χ0) is 13.8. The molecule has 0 aliphatic carbocycles. The van der Waals surface area contributed by atoms with E-state index >= 15 is 0 Å². The van der Waals surface area contributed by atoms with Crippen LogP contribution >= 0.6 is 23.2 Å². The van der Waals surface area contributed by atoms with Crippen molar-refractivity contribution >= 4 is 23.2 Å². The molecule has 0 heterocycles. The predicted molar refractivity (Wildman–Crippen MR) is 81.7 cm³/mol. The normalized spacial score (nSPS) is 13.7. The standard InChI is InChI=1S/C15H23Cl2N/c1-5-18-14(15(2,3)4)10-9-11-12(16)7-6-8-13(11)17/h6-8,14,18H,5,9-10H2,1-4H3. The fourth-order valence-electron chi connectivity index (χ4n) is 2.15. The Morgan fingerprint density at radius 1 is 1.17 bits per heavy atom. The molecular weight excluding hydrogens is 265 g/mol. The van der Waals surface area contributed by atoms with E-state index in [2.05, 4.69) is 33.0 Å². The van der Waals surface area contributed by atoms with E-state index in [0.29, 0.717) is 6.04 Å². The van der Waals surface area contributed by atoms with Crippen LogP contribution in [0.1, 0.15) is 39.7 Å². The van der Waals surface area contributed by atoms with Crippen LogP contribution in [0.2, 0.25) is 10.0 Å². The first kappa shape index (κ1) is 15.8. The fourth-order valence-corrected chi connectivity index (χ4v) is 2.73. The maximum absolute atomic E-state index is 6.20. The molecule has 3 heteroatoms. The van der Waals surface area contributed by atoms with Crippen LogP contribution in [-0.4, -0.2) is 12.6 Å². The molecule has 1 rings (SSSR count). The summed E-state index contributed by atoms with van der Waals surface area (Å²) in [5.41, 5.74) is 1.30. The number of rotatable bonds is 5. The van der Waals surface area contributed by atoms with Gasteiger partial charge in [0.05, 0.1) is 0 Å². The van der Waals surface area contributed by atoms with Gasteiger partial charge in [0, 0.05) is 16.1 Å². The first-order valence-electron chi connectivity index (χ1n) is 6.52. The summed E-state index contributed by atoms with van der Waals surface area (Å²) in [4.78, 5) is 0. The molecule has 0 bridgehead atoms. The molecule has 0 aliphatic rings. The van der Waals surface area contributed by atoms with Gasteiger partial charge in [-0.25, -0.2) is 0 Å². The van der Waals surface area contributed by atoms with E-state index in [1.165, 1.54) is 0 Å². The molecule has 18 heavy (non-hydrogen) atoms. The maximum Gasteiger partial charge on any atom is 0.0452 e. The van der Waals surface area contributed by atoms with E-state index in [0.717, 1.165) is 35.0 Å². The van der Waals surface area contributed by atoms with Crippen molar-refractivity contribution in [2.45, 2.75) is 46.6 Å². The minimum absolute atomic E-state index is 0.240. The van der Waals surface area contributed by atoms with Gasteiger partial charge in [0.1, 0.15) is 0 Å². The molecule has 1 N–H and O–H groups in total. The summed E-state index contributed by atoms with van der Waals surface area (Å²) in [6.45, 7) is 9.90. The molecular formula is C15H23Cl2N. The van der Waals surface area contributed by atoms with Gasteiger partial charge in [0.15, 0.2) is 0 Å². The quantitative estimate of drug-likeness (QED) is 0.808. The molecule has 1 aromatic rings. The minimum Gasteiger partial charge on any atom is -0.314 e. The molecule has 0 amide bonds. The molecule has 1 atom stereocenters. The number of hydrogen-bond acceptors (Lipinski definition) is 1. The van der Waals surface area contributed by atoms with Crippen molar-refractivity contribution in [1.29, 1.82) is 0 Å². The number of benzene rings is 1. The first-order chi connectivity index (χ1) is 8.36. The first-order valence-corrected chi connectivity index (χ1v) is 7.28. The third-order valence-corrected chi connectivity index (χ3v) is 3.95. The van der Waals surface area contributed by atoms with Crippen LogP contribution in [-0.2, 0) is 6.42 Å². The summed E-state index contributed by atoms with van der Waals surface area (Å²) >= 11 is 12.4. The van der Waals surface area contributed by atoms with Crippen molar-refractivity contribution in [2.75, 3.05) is 6.54 Å². The molecule has 102 valence electrons. The van der Waals surface area contributed by atoms with Crippen molar-refractivity contribution in [3.05, 3.63) is 33.8 Å². The third kappa shape index (κ3) is 4.46. The lowest BCUT2D eigenvalue weighted by molar-refractivity contribution is 0.258. The molecule has 1 unspecified atom stereocenters. The van der Waals surface area contributed by atoms with E-state index in [-0.39, 0.29) is 5.41 Å². The number of halogens is 2. The van der Waals surface area contributed by atoms with Gasteiger partial charge in [-0.15, -0.1) is 0 Å². The highest BCUT2D eigenvalue weighted by Gasteiger charge is 2.23. The van der Waals surface area contributed by atoms with E-state index < -0.39 is 0 Å². The average Bonchev–Trinajstić information content (AvgIpc) is 2.25. The summed E-state index contributed by atoms with van der Waals surface area (Å²) < 4.78 is 0. The molecule has 0 radical (unpaired) electrons. The summed E-state index contributed by atoms with van der Waals surface area (Å²) in [6.07, 6.45) is 1.95. The molecule has 0 saturated heterocycles. The smallest absolute Gasteiger partial charge is 0.0452 e. The molecule has 0 aliphatic heterocycles. The summed E-state index contributed by atoms with van der Waals surface area (Å²) in [5.74, 6) is 0. The zero-order valence-electron chi connectivity index (χ0n) is 11.7. The van der Waals surface area contributed by atoms with E-state index in [1.807, 2.05) is 18.2 Å². The van der Waals surface area contributed by atoms with Gasteiger partial charge < -0.3 is 5.32 Å². The lowest BCUT2D eigenvalue weighted by atomic mass is 9.83. The Hall–Kier alpha value is -0.240. The Morgan fingerprint density at radius 2 is 1.72 bits per heavy atom. The Bertz CT molecular complexity index is 362. The van der Waals surface area contributed by atoms with Gasteiger partial charge in [0.25, 0.3) is 0 Å². The van der Waals surface area contributed by atoms with Crippen molar-refractivity contribution in [3.8, 4) is 0 Å². The number of hydrogen-bond donors (Lipinski definition) is 1. The second kappa shape index (κ2) is 6.79. The van der Waals surface area contributed by atoms with Crippen molar-refractivity contribution in [1.82, 2.24) is 5.32 Å². The van der Waals surface area contributed by atoms with Crippen LogP contribution in [0.15, 0.2) is 18.2 Å². The number of nitrogens with one attached hydrogen (secondary N) is 1. The van der Waals surface area contributed by atoms with Gasteiger partial charge in [-0.05, 0) is 42.5 Å². The SMILES string of the molecule is CCNC(CCc1c(Cl)cccc1Cl)C(C)(C)C. The molecule has 0 spiro atoms. The predicted octanol–water partition coefficient (Wildman–Crippen LogP) is 4.95. The third-order valence-electron chi connectivity index (χ3n) is 3.24. The van der Waals surface area contributed by atoms with Gasteiger partial charge in [-0.3, -0.25) is 0 Å². The van der Waals surface area contributed by atoms with Crippen LogP contribution in [0.5, 0.6) is 0 Å². The molecule has 1 aromatic carbocycles. The average molecular weight is 288 g/mol.